The molecule has 0 unspecified atom stereocenters. The van der Waals surface area contributed by atoms with Crippen LogP contribution in [0.2, 0.25) is 0 Å². The van der Waals surface area contributed by atoms with Crippen molar-refractivity contribution >= 4 is 11.7 Å². The first-order valence-electron chi connectivity index (χ1n) is 8.35. The third kappa shape index (κ3) is 4.41. The average Bonchev–Trinajstić information content (AvgIpc) is 2.63. The molecule has 1 N–H and O–H groups in total. The van der Waals surface area contributed by atoms with E-state index in [0.29, 0.717) is 31.1 Å². The molecule has 3 rings (SSSR count). The number of hydrogen-bond donors (Lipinski definition) is 1. The number of fused-ring (bicyclic) bond motifs is 1. The number of nitrogens with zero attached hydrogens (tertiary/aromatic N) is 1. The van der Waals surface area contributed by atoms with Crippen LogP contribution in [0.25, 0.3) is 0 Å². The predicted octanol–water partition coefficient (Wildman–Crippen LogP) is 3.91. The van der Waals surface area contributed by atoms with Crippen LogP contribution in [-0.4, -0.2) is 36.7 Å². The molecular weight excluding hydrogens is 323 g/mol. The zero-order valence-corrected chi connectivity index (χ0v) is 14.1. The second kappa shape index (κ2) is 7.88. The van der Waals surface area contributed by atoms with Gasteiger partial charge in [-0.1, -0.05) is 19.1 Å². The van der Waals surface area contributed by atoms with Crippen molar-refractivity contribution in [1.82, 2.24) is 4.90 Å². The second-order valence-corrected chi connectivity index (χ2v) is 5.88. The summed E-state index contributed by atoms with van der Waals surface area (Å²) >= 11 is 0. The van der Waals surface area contributed by atoms with E-state index in [4.69, 9.17) is 9.47 Å². The predicted molar refractivity (Wildman–Crippen MR) is 93.6 cm³/mol. The molecule has 132 valence electrons. The number of urea groups is 1. The number of ether oxygens (including phenoxy) is 2. The number of para-hydroxylation sites is 2. The molecule has 5 nitrogen and oxygen atoms in total. The van der Waals surface area contributed by atoms with E-state index < -0.39 is 0 Å². The summed E-state index contributed by atoms with van der Waals surface area (Å²) in [5.41, 5.74) is 0.554. The van der Waals surface area contributed by atoms with Crippen molar-refractivity contribution in [3.05, 3.63) is 54.3 Å². The number of rotatable bonds is 5. The van der Waals surface area contributed by atoms with Crippen LogP contribution in [0, 0.1) is 5.82 Å². The van der Waals surface area contributed by atoms with E-state index in [2.05, 4.69) is 5.32 Å². The third-order valence-electron chi connectivity index (χ3n) is 3.87. The van der Waals surface area contributed by atoms with Gasteiger partial charge in [0.05, 0.1) is 6.54 Å². The maximum absolute atomic E-state index is 13.0. The number of carbonyl (C=O) groups excluding carboxylic acids is 1. The van der Waals surface area contributed by atoms with Gasteiger partial charge >= 0.3 is 6.03 Å². The molecule has 1 aliphatic rings. The van der Waals surface area contributed by atoms with E-state index in [9.17, 15) is 9.18 Å². The monoisotopic (exact) mass is 344 g/mol. The minimum absolute atomic E-state index is 0.236. The van der Waals surface area contributed by atoms with Gasteiger partial charge in [-0.05, 0) is 42.8 Å². The number of hydrogen-bond acceptors (Lipinski definition) is 3. The van der Waals surface area contributed by atoms with Crippen molar-refractivity contribution in [1.29, 1.82) is 0 Å². The van der Waals surface area contributed by atoms with Crippen molar-refractivity contribution in [3.63, 3.8) is 0 Å². The van der Waals surface area contributed by atoms with Gasteiger partial charge in [-0.15, -0.1) is 0 Å². The zero-order valence-electron chi connectivity index (χ0n) is 14.1. The van der Waals surface area contributed by atoms with Gasteiger partial charge in [-0.2, -0.15) is 0 Å². The second-order valence-electron chi connectivity index (χ2n) is 5.88. The summed E-state index contributed by atoms with van der Waals surface area (Å²) in [5.74, 6) is 1.07. The highest BCUT2D eigenvalue weighted by atomic mass is 19.1. The summed E-state index contributed by atoms with van der Waals surface area (Å²) in [6.07, 6.45) is 0.585. The SMILES string of the molecule is CCCN(C[C@@H]1COc2ccccc2O1)C(=O)Nc1ccc(F)cc1. The summed E-state index contributed by atoms with van der Waals surface area (Å²) in [6.45, 7) is 3.40. The Morgan fingerprint density at radius 2 is 1.92 bits per heavy atom. The number of benzene rings is 2. The lowest BCUT2D eigenvalue weighted by Crippen LogP contribution is -2.45. The van der Waals surface area contributed by atoms with E-state index in [1.165, 1.54) is 24.3 Å². The number of carbonyl (C=O) groups is 1. The molecule has 2 amide bonds. The summed E-state index contributed by atoms with van der Waals surface area (Å²) in [7, 11) is 0. The number of anilines is 1. The molecule has 0 aromatic heterocycles. The molecule has 25 heavy (non-hydrogen) atoms. The van der Waals surface area contributed by atoms with E-state index in [1.54, 1.807) is 4.90 Å². The lowest BCUT2D eigenvalue weighted by Gasteiger charge is -2.31. The first kappa shape index (κ1) is 17.1. The Bertz CT molecular complexity index is 721. The fraction of sp³-hybridized carbons (Fsp3) is 0.316. The highest BCUT2D eigenvalue weighted by Gasteiger charge is 2.25. The average molecular weight is 344 g/mol. The first-order valence-corrected chi connectivity index (χ1v) is 8.35. The number of amides is 2. The Morgan fingerprint density at radius 3 is 2.64 bits per heavy atom. The van der Waals surface area contributed by atoms with E-state index in [-0.39, 0.29) is 18.0 Å². The van der Waals surface area contributed by atoms with Gasteiger partial charge in [-0.3, -0.25) is 0 Å². The molecule has 0 fully saturated rings. The largest absolute Gasteiger partial charge is 0.486 e. The fourth-order valence-electron chi connectivity index (χ4n) is 2.68. The lowest BCUT2D eigenvalue weighted by atomic mass is 10.2. The molecule has 6 heteroatoms. The van der Waals surface area contributed by atoms with Gasteiger partial charge < -0.3 is 19.7 Å². The Labute approximate surface area is 146 Å². The normalized spacial score (nSPS) is 15.5. The smallest absolute Gasteiger partial charge is 0.321 e. The molecular formula is C19H21FN2O3. The first-order chi connectivity index (χ1) is 12.2. The molecule has 1 aliphatic heterocycles. The minimum Gasteiger partial charge on any atom is -0.486 e. The summed E-state index contributed by atoms with van der Waals surface area (Å²) in [4.78, 5) is 14.2. The van der Waals surface area contributed by atoms with E-state index in [0.717, 1.165) is 12.2 Å². The van der Waals surface area contributed by atoms with Crippen LogP contribution >= 0.6 is 0 Å². The van der Waals surface area contributed by atoms with Crippen LogP contribution < -0.4 is 14.8 Å². The topological polar surface area (TPSA) is 50.8 Å². The van der Waals surface area contributed by atoms with Gasteiger partial charge in [0.15, 0.2) is 17.6 Å². The maximum atomic E-state index is 13.0. The van der Waals surface area contributed by atoms with Crippen molar-refractivity contribution in [2.45, 2.75) is 19.4 Å². The molecule has 0 aliphatic carbocycles. The molecule has 2 aromatic carbocycles. The fourth-order valence-corrected chi connectivity index (χ4v) is 2.68. The Hall–Kier alpha value is -2.76. The van der Waals surface area contributed by atoms with Gasteiger partial charge in [0.1, 0.15) is 12.4 Å². The van der Waals surface area contributed by atoms with Crippen molar-refractivity contribution in [3.8, 4) is 11.5 Å². The Balaban J connectivity index is 1.63. The molecule has 0 radical (unpaired) electrons. The van der Waals surface area contributed by atoms with Crippen LogP contribution in [0.15, 0.2) is 48.5 Å². The van der Waals surface area contributed by atoms with Crippen LogP contribution in [0.3, 0.4) is 0 Å². The highest BCUT2D eigenvalue weighted by molar-refractivity contribution is 5.89. The van der Waals surface area contributed by atoms with E-state index in [1.807, 2.05) is 31.2 Å². The summed E-state index contributed by atoms with van der Waals surface area (Å²) in [6, 6.07) is 12.9. The van der Waals surface area contributed by atoms with Crippen LogP contribution in [0.5, 0.6) is 11.5 Å². The lowest BCUT2D eigenvalue weighted by molar-refractivity contribution is 0.0682. The zero-order chi connectivity index (χ0) is 17.6. The van der Waals surface area contributed by atoms with Crippen molar-refractivity contribution in [2.75, 3.05) is 25.0 Å². The van der Waals surface area contributed by atoms with Gasteiger partial charge in [0, 0.05) is 12.2 Å². The van der Waals surface area contributed by atoms with Gasteiger partial charge in [-0.25, -0.2) is 9.18 Å². The maximum Gasteiger partial charge on any atom is 0.321 e. The minimum atomic E-state index is -0.338. The number of halogens is 1. The standard InChI is InChI=1S/C19H21FN2O3/c1-2-11-22(19(23)21-15-9-7-14(20)8-10-15)12-16-13-24-17-5-3-4-6-18(17)25-16/h3-10,16H,2,11-13H2,1H3,(H,21,23)/t16-/m1/s1. The van der Waals surface area contributed by atoms with Crippen molar-refractivity contribution < 1.29 is 18.7 Å². The summed E-state index contributed by atoms with van der Waals surface area (Å²) < 4.78 is 24.6. The van der Waals surface area contributed by atoms with Gasteiger partial charge in [0.25, 0.3) is 0 Å². The molecule has 1 heterocycles. The Morgan fingerprint density at radius 1 is 1.20 bits per heavy atom. The van der Waals surface area contributed by atoms with Crippen LogP contribution in [-0.2, 0) is 0 Å². The van der Waals surface area contributed by atoms with E-state index >= 15 is 0 Å². The van der Waals surface area contributed by atoms with Crippen LogP contribution in [0.4, 0.5) is 14.9 Å². The molecule has 1 atom stereocenters. The Kier molecular flexibility index (Phi) is 5.38. The molecule has 2 aromatic rings. The quantitative estimate of drug-likeness (QED) is 0.895. The highest BCUT2D eigenvalue weighted by Crippen LogP contribution is 2.31. The van der Waals surface area contributed by atoms with Crippen LogP contribution in [0.1, 0.15) is 13.3 Å². The van der Waals surface area contributed by atoms with Gasteiger partial charge in [0.2, 0.25) is 0 Å². The molecule has 0 saturated carbocycles. The number of nitrogens with one attached hydrogen (secondary N) is 1. The molecule has 0 spiro atoms. The third-order valence-corrected chi connectivity index (χ3v) is 3.87. The molecule has 0 saturated heterocycles. The molecule has 0 bridgehead atoms. The summed E-state index contributed by atoms with van der Waals surface area (Å²) in [5, 5.41) is 2.79. The van der Waals surface area contributed by atoms with Crippen molar-refractivity contribution in [2.24, 2.45) is 0 Å².